The SMILES string of the molecule is COc1ccc(S(=O)(=O)N(CC(=O)N2CCNCC2)Cc2cccc(C)c2)cc1. The molecule has 0 unspecified atom stereocenters. The van der Waals surface area contributed by atoms with Crippen molar-refractivity contribution in [2.24, 2.45) is 0 Å². The summed E-state index contributed by atoms with van der Waals surface area (Å²) in [6, 6.07) is 13.9. The highest BCUT2D eigenvalue weighted by atomic mass is 32.2. The van der Waals surface area contributed by atoms with Crippen LogP contribution in [0.2, 0.25) is 0 Å². The predicted octanol–water partition coefficient (Wildman–Crippen LogP) is 1.63. The van der Waals surface area contributed by atoms with E-state index in [4.69, 9.17) is 4.74 Å². The molecule has 0 aliphatic carbocycles. The van der Waals surface area contributed by atoms with Gasteiger partial charge in [0.1, 0.15) is 5.75 Å². The van der Waals surface area contributed by atoms with Crippen LogP contribution in [0.25, 0.3) is 0 Å². The van der Waals surface area contributed by atoms with E-state index < -0.39 is 10.0 Å². The van der Waals surface area contributed by atoms with Crippen molar-refractivity contribution in [3.63, 3.8) is 0 Å². The molecule has 0 saturated carbocycles. The van der Waals surface area contributed by atoms with E-state index in [9.17, 15) is 13.2 Å². The highest BCUT2D eigenvalue weighted by Crippen LogP contribution is 2.22. The molecule has 3 rings (SSSR count). The van der Waals surface area contributed by atoms with Crippen molar-refractivity contribution in [3.05, 3.63) is 59.7 Å². The summed E-state index contributed by atoms with van der Waals surface area (Å²) in [4.78, 5) is 14.7. The summed E-state index contributed by atoms with van der Waals surface area (Å²) < 4.78 is 33.1. The van der Waals surface area contributed by atoms with E-state index in [0.717, 1.165) is 24.2 Å². The summed E-state index contributed by atoms with van der Waals surface area (Å²) in [7, 11) is -2.33. The second-order valence-electron chi connectivity index (χ2n) is 7.07. The molecule has 2 aromatic rings. The van der Waals surface area contributed by atoms with Gasteiger partial charge in [0.2, 0.25) is 15.9 Å². The molecule has 0 radical (unpaired) electrons. The number of rotatable bonds is 7. The Morgan fingerprint density at radius 3 is 2.45 bits per heavy atom. The van der Waals surface area contributed by atoms with Gasteiger partial charge in [-0.3, -0.25) is 4.79 Å². The van der Waals surface area contributed by atoms with E-state index in [1.807, 2.05) is 31.2 Å². The lowest BCUT2D eigenvalue weighted by Crippen LogP contribution is -2.50. The zero-order chi connectivity index (χ0) is 20.9. The largest absolute Gasteiger partial charge is 0.497 e. The van der Waals surface area contributed by atoms with E-state index in [1.165, 1.54) is 23.5 Å². The van der Waals surface area contributed by atoms with Gasteiger partial charge in [0.25, 0.3) is 0 Å². The predicted molar refractivity (Wildman–Crippen MR) is 111 cm³/mol. The van der Waals surface area contributed by atoms with Crippen LogP contribution >= 0.6 is 0 Å². The van der Waals surface area contributed by atoms with Crippen LogP contribution in [0.1, 0.15) is 11.1 Å². The molecule has 1 saturated heterocycles. The third-order valence-corrected chi connectivity index (χ3v) is 6.73. The number of nitrogens with zero attached hydrogens (tertiary/aromatic N) is 2. The Hall–Kier alpha value is -2.42. The highest BCUT2D eigenvalue weighted by molar-refractivity contribution is 7.89. The summed E-state index contributed by atoms with van der Waals surface area (Å²) in [6.07, 6.45) is 0. The maximum atomic E-state index is 13.3. The zero-order valence-corrected chi connectivity index (χ0v) is 17.6. The van der Waals surface area contributed by atoms with Gasteiger partial charge in [-0.25, -0.2) is 8.42 Å². The first-order chi connectivity index (χ1) is 13.9. The van der Waals surface area contributed by atoms with E-state index in [1.54, 1.807) is 17.0 Å². The van der Waals surface area contributed by atoms with Crippen LogP contribution in [0.3, 0.4) is 0 Å². The number of carbonyl (C=O) groups is 1. The average Bonchev–Trinajstić information content (AvgIpc) is 2.74. The van der Waals surface area contributed by atoms with Crippen LogP contribution in [-0.4, -0.2) is 63.4 Å². The number of aryl methyl sites for hydroxylation is 1. The molecular weight excluding hydrogens is 390 g/mol. The zero-order valence-electron chi connectivity index (χ0n) is 16.8. The first kappa shape index (κ1) is 21.3. The Labute approximate surface area is 172 Å². The molecule has 1 N–H and O–H groups in total. The summed E-state index contributed by atoms with van der Waals surface area (Å²) in [5, 5.41) is 3.20. The number of amides is 1. The molecule has 2 aromatic carbocycles. The lowest BCUT2D eigenvalue weighted by atomic mass is 10.1. The van der Waals surface area contributed by atoms with Crippen LogP contribution in [0.5, 0.6) is 5.75 Å². The van der Waals surface area contributed by atoms with Crippen LogP contribution in [-0.2, 0) is 21.4 Å². The number of nitrogens with one attached hydrogen (secondary N) is 1. The fraction of sp³-hybridized carbons (Fsp3) is 0.381. The number of hydrogen-bond acceptors (Lipinski definition) is 5. The average molecular weight is 418 g/mol. The molecule has 0 bridgehead atoms. The van der Waals surface area contributed by atoms with Gasteiger partial charge in [0.15, 0.2) is 0 Å². The molecular formula is C21H27N3O4S. The van der Waals surface area contributed by atoms with Crippen molar-refractivity contribution in [1.29, 1.82) is 0 Å². The Balaban J connectivity index is 1.88. The van der Waals surface area contributed by atoms with Crippen molar-refractivity contribution < 1.29 is 17.9 Å². The van der Waals surface area contributed by atoms with Gasteiger partial charge in [0.05, 0.1) is 18.6 Å². The lowest BCUT2D eigenvalue weighted by molar-refractivity contribution is -0.132. The van der Waals surface area contributed by atoms with Crippen molar-refractivity contribution >= 4 is 15.9 Å². The molecule has 0 atom stereocenters. The number of benzene rings is 2. The summed E-state index contributed by atoms with van der Waals surface area (Å²) in [6.45, 7) is 4.50. The molecule has 1 fully saturated rings. The Bertz CT molecular complexity index is 939. The number of piperazine rings is 1. The number of sulfonamides is 1. The Morgan fingerprint density at radius 1 is 1.14 bits per heavy atom. The molecule has 1 amide bonds. The number of ether oxygens (including phenoxy) is 1. The van der Waals surface area contributed by atoms with Crippen molar-refractivity contribution in [2.75, 3.05) is 39.8 Å². The van der Waals surface area contributed by atoms with Crippen LogP contribution < -0.4 is 10.1 Å². The van der Waals surface area contributed by atoms with Gasteiger partial charge in [-0.1, -0.05) is 29.8 Å². The van der Waals surface area contributed by atoms with Gasteiger partial charge in [-0.2, -0.15) is 4.31 Å². The van der Waals surface area contributed by atoms with Gasteiger partial charge >= 0.3 is 0 Å². The van der Waals surface area contributed by atoms with E-state index in [0.29, 0.717) is 18.8 Å². The maximum Gasteiger partial charge on any atom is 0.243 e. The molecule has 156 valence electrons. The molecule has 7 nitrogen and oxygen atoms in total. The van der Waals surface area contributed by atoms with Gasteiger partial charge in [-0.15, -0.1) is 0 Å². The van der Waals surface area contributed by atoms with Crippen molar-refractivity contribution in [2.45, 2.75) is 18.4 Å². The number of methoxy groups -OCH3 is 1. The first-order valence-corrected chi connectivity index (χ1v) is 11.0. The lowest BCUT2D eigenvalue weighted by Gasteiger charge is -2.30. The standard InChI is InChI=1S/C21H27N3O4S/c1-17-4-3-5-18(14-17)15-24(16-21(25)23-12-10-22-11-13-23)29(26,27)20-8-6-19(28-2)7-9-20/h3-9,14,22H,10-13,15-16H2,1-2H3. The second kappa shape index (κ2) is 9.39. The van der Waals surface area contributed by atoms with E-state index >= 15 is 0 Å². The summed E-state index contributed by atoms with van der Waals surface area (Å²) in [5.74, 6) is 0.391. The van der Waals surface area contributed by atoms with Gasteiger partial charge < -0.3 is 15.0 Å². The van der Waals surface area contributed by atoms with Crippen molar-refractivity contribution in [1.82, 2.24) is 14.5 Å². The fourth-order valence-electron chi connectivity index (χ4n) is 3.30. The topological polar surface area (TPSA) is 79.0 Å². The Morgan fingerprint density at radius 2 is 1.83 bits per heavy atom. The molecule has 8 heteroatoms. The van der Waals surface area contributed by atoms with Crippen LogP contribution in [0.4, 0.5) is 0 Å². The molecule has 0 aromatic heterocycles. The minimum absolute atomic E-state index is 0.133. The summed E-state index contributed by atoms with van der Waals surface area (Å²) in [5.41, 5.74) is 1.88. The normalized spacial score (nSPS) is 14.8. The van der Waals surface area contributed by atoms with E-state index in [-0.39, 0.29) is 23.9 Å². The summed E-state index contributed by atoms with van der Waals surface area (Å²) >= 11 is 0. The minimum atomic E-state index is -3.86. The highest BCUT2D eigenvalue weighted by Gasteiger charge is 2.29. The van der Waals surface area contributed by atoms with Crippen LogP contribution in [0, 0.1) is 6.92 Å². The molecule has 1 aliphatic rings. The molecule has 29 heavy (non-hydrogen) atoms. The number of hydrogen-bond donors (Lipinski definition) is 1. The fourth-order valence-corrected chi connectivity index (χ4v) is 4.68. The van der Waals surface area contributed by atoms with Crippen molar-refractivity contribution in [3.8, 4) is 5.75 Å². The third kappa shape index (κ3) is 5.35. The first-order valence-electron chi connectivity index (χ1n) is 9.58. The molecule has 1 aliphatic heterocycles. The monoisotopic (exact) mass is 417 g/mol. The van der Waals surface area contributed by atoms with E-state index in [2.05, 4.69) is 5.32 Å². The minimum Gasteiger partial charge on any atom is -0.497 e. The molecule has 1 heterocycles. The quantitative estimate of drug-likeness (QED) is 0.741. The van der Waals surface area contributed by atoms with Gasteiger partial charge in [-0.05, 0) is 36.8 Å². The van der Waals surface area contributed by atoms with Gasteiger partial charge in [0, 0.05) is 32.7 Å². The third-order valence-electron chi connectivity index (χ3n) is 4.92. The van der Waals surface area contributed by atoms with Crippen LogP contribution in [0.15, 0.2) is 53.4 Å². The maximum absolute atomic E-state index is 13.3. The second-order valence-corrected chi connectivity index (χ2v) is 9.01. The Kier molecular flexibility index (Phi) is 6.89. The molecule has 0 spiro atoms. The number of carbonyl (C=O) groups excluding carboxylic acids is 1. The smallest absolute Gasteiger partial charge is 0.243 e.